The Morgan fingerprint density at radius 1 is 1.15 bits per heavy atom. The van der Waals surface area contributed by atoms with Gasteiger partial charge in [-0.1, -0.05) is 18.2 Å². The van der Waals surface area contributed by atoms with Gasteiger partial charge in [-0.05, 0) is 56.0 Å². The molecule has 0 unspecified atom stereocenters. The maximum absolute atomic E-state index is 14.5. The highest BCUT2D eigenvalue weighted by Gasteiger charge is 2.43. The molecule has 3 rings (SSSR count). The molecule has 1 N–H and O–H groups in total. The van der Waals surface area contributed by atoms with Crippen molar-refractivity contribution in [1.82, 2.24) is 0 Å². The van der Waals surface area contributed by atoms with Crippen molar-refractivity contribution in [1.29, 1.82) is 0 Å². The van der Waals surface area contributed by atoms with Gasteiger partial charge in [0.15, 0.2) is 0 Å². The molecule has 0 bridgehead atoms. The molecule has 138 valence electrons. The number of hydrogen-bond donors (Lipinski definition) is 1. The summed E-state index contributed by atoms with van der Waals surface area (Å²) in [6, 6.07) is 10.3. The number of halogens is 1. The summed E-state index contributed by atoms with van der Waals surface area (Å²) in [6.45, 7) is 4.73. The fraction of sp³-hybridized carbons (Fsp3) is 0.381. The van der Waals surface area contributed by atoms with E-state index in [1.165, 1.54) is 6.07 Å². The molecule has 26 heavy (non-hydrogen) atoms. The number of carbonyl (C=O) groups is 1. The fourth-order valence-corrected chi connectivity index (χ4v) is 3.78. The largest absolute Gasteiger partial charge is 0.496 e. The standard InChI is InChI=1S/C21H24FNO3/c1-14-12-16(13-15(2)19(14)25-3)23-20(24)21(8-10-26-11-9-21)17-6-4-5-7-18(17)22/h4-7,12-13H,8-11H2,1-3H3,(H,23,24). The second-order valence-electron chi connectivity index (χ2n) is 6.77. The second-order valence-corrected chi connectivity index (χ2v) is 6.77. The number of hydrogen-bond acceptors (Lipinski definition) is 3. The zero-order valence-corrected chi connectivity index (χ0v) is 15.4. The van der Waals surface area contributed by atoms with Crippen molar-refractivity contribution in [3.8, 4) is 5.75 Å². The molecule has 0 radical (unpaired) electrons. The molecule has 0 spiro atoms. The van der Waals surface area contributed by atoms with E-state index in [0.29, 0.717) is 37.3 Å². The predicted octanol–water partition coefficient (Wildman–Crippen LogP) is 4.14. The Hall–Kier alpha value is -2.40. The number of methoxy groups -OCH3 is 1. The lowest BCUT2D eigenvalue weighted by molar-refractivity contribution is -0.125. The monoisotopic (exact) mass is 357 g/mol. The van der Waals surface area contributed by atoms with Gasteiger partial charge in [-0.3, -0.25) is 4.79 Å². The summed E-state index contributed by atoms with van der Waals surface area (Å²) in [4.78, 5) is 13.3. The van der Waals surface area contributed by atoms with Crippen LogP contribution in [0.1, 0.15) is 29.5 Å². The smallest absolute Gasteiger partial charge is 0.235 e. The first-order chi connectivity index (χ1) is 12.5. The molecule has 1 aliphatic rings. The van der Waals surface area contributed by atoms with Crippen LogP contribution in [0.5, 0.6) is 5.75 Å². The third kappa shape index (κ3) is 3.31. The molecule has 0 aromatic heterocycles. The Morgan fingerprint density at radius 2 is 1.77 bits per heavy atom. The zero-order valence-electron chi connectivity index (χ0n) is 15.4. The van der Waals surface area contributed by atoms with E-state index < -0.39 is 5.41 Å². The molecular weight excluding hydrogens is 333 g/mol. The molecule has 2 aromatic carbocycles. The Bertz CT molecular complexity index is 790. The number of nitrogens with one attached hydrogen (secondary N) is 1. The molecule has 1 fully saturated rings. The molecule has 1 aliphatic heterocycles. The van der Waals surface area contributed by atoms with Crippen LogP contribution in [0.15, 0.2) is 36.4 Å². The summed E-state index contributed by atoms with van der Waals surface area (Å²) in [5, 5.41) is 2.99. The van der Waals surface area contributed by atoms with Gasteiger partial charge in [0.2, 0.25) is 5.91 Å². The van der Waals surface area contributed by atoms with Crippen LogP contribution in [-0.2, 0) is 14.9 Å². The van der Waals surface area contributed by atoms with Crippen LogP contribution in [-0.4, -0.2) is 26.2 Å². The number of rotatable bonds is 4. The van der Waals surface area contributed by atoms with Crippen LogP contribution in [0.25, 0.3) is 0 Å². The van der Waals surface area contributed by atoms with Crippen LogP contribution < -0.4 is 10.1 Å². The maximum atomic E-state index is 14.5. The molecule has 5 heteroatoms. The minimum absolute atomic E-state index is 0.199. The van der Waals surface area contributed by atoms with E-state index in [2.05, 4.69) is 5.32 Å². The van der Waals surface area contributed by atoms with E-state index in [1.54, 1.807) is 25.3 Å². The van der Waals surface area contributed by atoms with Crippen molar-refractivity contribution >= 4 is 11.6 Å². The van der Waals surface area contributed by atoms with E-state index in [1.807, 2.05) is 26.0 Å². The molecular formula is C21H24FNO3. The quantitative estimate of drug-likeness (QED) is 0.895. The minimum Gasteiger partial charge on any atom is -0.496 e. The summed E-state index contributed by atoms with van der Waals surface area (Å²) in [5.41, 5.74) is 2.07. The molecule has 0 atom stereocenters. The lowest BCUT2D eigenvalue weighted by Crippen LogP contribution is -2.45. The van der Waals surface area contributed by atoms with Gasteiger partial charge >= 0.3 is 0 Å². The van der Waals surface area contributed by atoms with E-state index >= 15 is 0 Å². The van der Waals surface area contributed by atoms with Gasteiger partial charge in [0.05, 0.1) is 12.5 Å². The first-order valence-electron chi connectivity index (χ1n) is 8.77. The number of benzene rings is 2. The molecule has 0 saturated carbocycles. The summed E-state index contributed by atoms with van der Waals surface area (Å²) in [6.07, 6.45) is 0.905. The average Bonchev–Trinajstić information content (AvgIpc) is 2.62. The van der Waals surface area contributed by atoms with Gasteiger partial charge in [-0.15, -0.1) is 0 Å². The van der Waals surface area contributed by atoms with Crippen molar-refractivity contribution in [2.24, 2.45) is 0 Å². The number of ether oxygens (including phenoxy) is 2. The van der Waals surface area contributed by atoms with E-state index in [4.69, 9.17) is 9.47 Å². The first kappa shape index (κ1) is 18.4. The lowest BCUT2D eigenvalue weighted by Gasteiger charge is -2.36. The van der Waals surface area contributed by atoms with Gasteiger partial charge < -0.3 is 14.8 Å². The SMILES string of the molecule is COc1c(C)cc(NC(=O)C2(c3ccccc3F)CCOCC2)cc1C. The Kier molecular flexibility index (Phi) is 5.28. The summed E-state index contributed by atoms with van der Waals surface area (Å²) in [5.74, 6) is 0.249. The van der Waals surface area contributed by atoms with Crippen LogP contribution >= 0.6 is 0 Å². The van der Waals surface area contributed by atoms with Crippen LogP contribution in [0, 0.1) is 19.7 Å². The average molecular weight is 357 g/mol. The highest BCUT2D eigenvalue weighted by Crippen LogP contribution is 2.38. The van der Waals surface area contributed by atoms with Crippen molar-refractivity contribution < 1.29 is 18.7 Å². The van der Waals surface area contributed by atoms with E-state index in [9.17, 15) is 9.18 Å². The molecule has 1 saturated heterocycles. The summed E-state index contributed by atoms with van der Waals surface area (Å²) < 4.78 is 25.3. The molecule has 0 aliphatic carbocycles. The predicted molar refractivity (Wildman–Crippen MR) is 99.2 cm³/mol. The van der Waals surface area contributed by atoms with Crippen molar-refractivity contribution in [3.63, 3.8) is 0 Å². The highest BCUT2D eigenvalue weighted by atomic mass is 19.1. The Morgan fingerprint density at radius 3 is 2.35 bits per heavy atom. The van der Waals surface area contributed by atoms with Gasteiger partial charge in [0, 0.05) is 24.5 Å². The number of aryl methyl sites for hydroxylation is 2. The molecule has 4 nitrogen and oxygen atoms in total. The third-order valence-electron chi connectivity index (χ3n) is 5.09. The molecule has 2 aromatic rings. The van der Waals surface area contributed by atoms with Crippen molar-refractivity contribution in [3.05, 3.63) is 58.9 Å². The molecule has 1 amide bonds. The van der Waals surface area contributed by atoms with E-state index in [-0.39, 0.29) is 11.7 Å². The van der Waals surface area contributed by atoms with Gasteiger partial charge in [0.1, 0.15) is 11.6 Å². The number of anilines is 1. The highest BCUT2D eigenvalue weighted by molar-refractivity contribution is 5.99. The fourth-order valence-electron chi connectivity index (χ4n) is 3.78. The molecule has 1 heterocycles. The van der Waals surface area contributed by atoms with Crippen molar-refractivity contribution in [2.75, 3.05) is 25.6 Å². The maximum Gasteiger partial charge on any atom is 0.235 e. The first-order valence-corrected chi connectivity index (χ1v) is 8.77. The third-order valence-corrected chi connectivity index (χ3v) is 5.09. The minimum atomic E-state index is -0.925. The normalized spacial score (nSPS) is 16.2. The zero-order chi connectivity index (χ0) is 18.7. The van der Waals surface area contributed by atoms with Crippen molar-refractivity contribution in [2.45, 2.75) is 32.1 Å². The van der Waals surface area contributed by atoms with Gasteiger partial charge in [-0.2, -0.15) is 0 Å². The number of carbonyl (C=O) groups excluding carboxylic acids is 1. The lowest BCUT2D eigenvalue weighted by atomic mass is 9.73. The van der Waals surface area contributed by atoms with E-state index in [0.717, 1.165) is 16.9 Å². The van der Waals surface area contributed by atoms with Gasteiger partial charge in [0.25, 0.3) is 0 Å². The van der Waals surface area contributed by atoms with Crippen LogP contribution in [0.4, 0.5) is 10.1 Å². The summed E-state index contributed by atoms with van der Waals surface area (Å²) in [7, 11) is 1.63. The van der Waals surface area contributed by atoms with Crippen LogP contribution in [0.2, 0.25) is 0 Å². The number of amides is 1. The summed E-state index contributed by atoms with van der Waals surface area (Å²) >= 11 is 0. The van der Waals surface area contributed by atoms with Crippen LogP contribution in [0.3, 0.4) is 0 Å². The van der Waals surface area contributed by atoms with Gasteiger partial charge in [-0.25, -0.2) is 4.39 Å². The Balaban J connectivity index is 1.96. The topological polar surface area (TPSA) is 47.6 Å². The Labute approximate surface area is 153 Å². The second kappa shape index (κ2) is 7.46.